The summed E-state index contributed by atoms with van der Waals surface area (Å²) >= 11 is 0. The molecule has 0 aromatic rings. The molecule has 6 nitrogen and oxygen atoms in total. The maximum absolute atomic E-state index is 13.2. The number of esters is 1. The second-order valence-corrected chi connectivity index (χ2v) is 17.7. The zero-order valence-electron chi connectivity index (χ0n) is 41.2. The van der Waals surface area contributed by atoms with Gasteiger partial charge < -0.3 is 20.3 Å². The van der Waals surface area contributed by atoms with Gasteiger partial charge in [-0.2, -0.15) is 0 Å². The summed E-state index contributed by atoms with van der Waals surface area (Å²) in [7, 11) is 0. The largest absolute Gasteiger partial charge is 0.462 e. The van der Waals surface area contributed by atoms with Gasteiger partial charge in [-0.25, -0.2) is 0 Å². The van der Waals surface area contributed by atoms with E-state index in [9.17, 15) is 19.8 Å². The zero-order valence-corrected chi connectivity index (χ0v) is 41.2. The number of unbranched alkanes of at least 4 members (excludes halogenated alkanes) is 25. The first-order valence-corrected chi connectivity index (χ1v) is 26.4. The standard InChI is InChI=1S/C57H99NO5/c1-4-7-10-13-16-19-22-24-26-28-30-32-35-38-41-44-47-50-57(62)63-53(48-45-42-39-36-34-31-29-27-25-23-20-17-14-11-8-5-2)51-56(61)58-54(52-59)55(60)49-46-43-40-37-33-21-18-15-12-9-6-3/h7,10,13,16,19,22,24,26,28,30-32,34-35,53-55,59-60H,4-6,8-9,11-12,14-15,17-18,20-21,23,25,27,29,33,36-52H2,1-3H3,(H,58,61)/b10-7-,16-13+,22-19+,26-24-,30-28+,34-31+,35-32+. The Hall–Kier alpha value is -2.96. The second-order valence-electron chi connectivity index (χ2n) is 17.7. The van der Waals surface area contributed by atoms with Crippen LogP contribution < -0.4 is 5.32 Å². The normalized spacial score (nSPS) is 13.9. The van der Waals surface area contributed by atoms with Crippen molar-refractivity contribution in [2.45, 2.75) is 257 Å². The van der Waals surface area contributed by atoms with Gasteiger partial charge in [0.2, 0.25) is 5.91 Å². The van der Waals surface area contributed by atoms with E-state index in [4.69, 9.17) is 4.74 Å². The number of nitrogens with one attached hydrogen (secondary N) is 1. The highest BCUT2D eigenvalue weighted by Crippen LogP contribution is 2.17. The lowest BCUT2D eigenvalue weighted by molar-refractivity contribution is -0.151. The molecule has 1 amide bonds. The number of rotatable bonds is 46. The molecule has 0 aromatic heterocycles. The molecule has 0 fully saturated rings. The fraction of sp³-hybridized carbons (Fsp3) is 0.719. The monoisotopic (exact) mass is 878 g/mol. The van der Waals surface area contributed by atoms with Crippen molar-refractivity contribution >= 4 is 11.9 Å². The fourth-order valence-electron chi connectivity index (χ4n) is 7.63. The first-order chi connectivity index (χ1) is 31.0. The Labute approximate surface area is 389 Å². The van der Waals surface area contributed by atoms with Crippen LogP contribution in [0.3, 0.4) is 0 Å². The average molecular weight is 878 g/mol. The predicted octanol–water partition coefficient (Wildman–Crippen LogP) is 16.0. The lowest BCUT2D eigenvalue weighted by atomic mass is 10.0. The summed E-state index contributed by atoms with van der Waals surface area (Å²) in [6.07, 6.45) is 65.0. The van der Waals surface area contributed by atoms with Crippen molar-refractivity contribution in [1.29, 1.82) is 0 Å². The van der Waals surface area contributed by atoms with Gasteiger partial charge in [0.05, 0.1) is 25.2 Å². The van der Waals surface area contributed by atoms with E-state index in [1.807, 2.05) is 54.7 Å². The van der Waals surface area contributed by atoms with Crippen molar-refractivity contribution in [3.8, 4) is 0 Å². The third-order valence-corrected chi connectivity index (χ3v) is 11.6. The van der Waals surface area contributed by atoms with Crippen molar-refractivity contribution in [2.75, 3.05) is 6.61 Å². The van der Waals surface area contributed by atoms with Crippen LogP contribution in [0.5, 0.6) is 0 Å². The number of allylic oxidation sites excluding steroid dienone is 14. The Morgan fingerprint density at radius 3 is 1.37 bits per heavy atom. The molecule has 0 aromatic carbocycles. The molecular formula is C57H99NO5. The molecule has 3 atom stereocenters. The highest BCUT2D eigenvalue weighted by atomic mass is 16.5. The van der Waals surface area contributed by atoms with E-state index in [0.717, 1.165) is 83.5 Å². The van der Waals surface area contributed by atoms with Crippen LogP contribution in [0.15, 0.2) is 85.1 Å². The van der Waals surface area contributed by atoms with Gasteiger partial charge in [0.25, 0.3) is 0 Å². The van der Waals surface area contributed by atoms with Gasteiger partial charge >= 0.3 is 5.97 Å². The Kier molecular flexibility index (Phi) is 47.7. The molecule has 0 aliphatic rings. The Morgan fingerprint density at radius 1 is 0.476 bits per heavy atom. The molecule has 3 unspecified atom stereocenters. The van der Waals surface area contributed by atoms with Crippen molar-refractivity contribution < 1.29 is 24.5 Å². The van der Waals surface area contributed by atoms with Crippen LogP contribution in [-0.2, 0) is 14.3 Å². The Morgan fingerprint density at radius 2 is 0.873 bits per heavy atom. The number of hydrogen-bond donors (Lipinski definition) is 3. The highest BCUT2D eigenvalue weighted by molar-refractivity contribution is 5.77. The van der Waals surface area contributed by atoms with E-state index < -0.39 is 18.2 Å². The smallest absolute Gasteiger partial charge is 0.306 e. The maximum Gasteiger partial charge on any atom is 0.306 e. The van der Waals surface area contributed by atoms with Crippen molar-refractivity contribution in [1.82, 2.24) is 5.32 Å². The third-order valence-electron chi connectivity index (χ3n) is 11.6. The summed E-state index contributed by atoms with van der Waals surface area (Å²) in [4.78, 5) is 26.2. The molecule has 0 radical (unpaired) electrons. The quantitative estimate of drug-likeness (QED) is 0.0245. The molecule has 362 valence electrons. The number of hydrogen-bond acceptors (Lipinski definition) is 5. The molecule has 0 aliphatic carbocycles. The number of aliphatic hydroxyl groups excluding tert-OH is 2. The Balaban J connectivity index is 4.72. The van der Waals surface area contributed by atoms with Crippen molar-refractivity contribution in [3.05, 3.63) is 85.1 Å². The molecule has 0 bridgehead atoms. The van der Waals surface area contributed by atoms with E-state index in [-0.39, 0.29) is 24.9 Å². The summed E-state index contributed by atoms with van der Waals surface area (Å²) in [6, 6.07) is -0.719. The minimum Gasteiger partial charge on any atom is -0.462 e. The van der Waals surface area contributed by atoms with E-state index in [1.165, 1.54) is 109 Å². The minimum absolute atomic E-state index is 0.0452. The lowest BCUT2D eigenvalue weighted by Crippen LogP contribution is -2.46. The van der Waals surface area contributed by atoms with Crippen molar-refractivity contribution in [3.63, 3.8) is 0 Å². The summed E-state index contributed by atoms with van der Waals surface area (Å²) in [5, 5.41) is 23.7. The van der Waals surface area contributed by atoms with Crippen LogP contribution in [0.4, 0.5) is 0 Å². The SMILES string of the molecule is CC\C=C/C=C/C=C/C=C\C=C\C=C\CCCCCC(=O)OC(CCCCC/C=C/CCCCCCCCCCC)CC(=O)NC(CO)C(O)CCCCCCCCCCCCC. The molecule has 3 N–H and O–H groups in total. The van der Waals surface area contributed by atoms with Crippen LogP contribution in [0.2, 0.25) is 0 Å². The molecule has 63 heavy (non-hydrogen) atoms. The maximum atomic E-state index is 13.2. The van der Waals surface area contributed by atoms with Gasteiger partial charge in [0.15, 0.2) is 0 Å². The molecule has 0 spiro atoms. The minimum atomic E-state index is -0.803. The molecule has 0 saturated heterocycles. The predicted molar refractivity (Wildman–Crippen MR) is 273 cm³/mol. The number of carbonyl (C=O) groups excluding carboxylic acids is 2. The van der Waals surface area contributed by atoms with Gasteiger partial charge in [-0.15, -0.1) is 0 Å². The summed E-state index contributed by atoms with van der Waals surface area (Å²) in [5.41, 5.74) is 0. The number of amides is 1. The number of carbonyl (C=O) groups is 2. The first kappa shape index (κ1) is 60.0. The van der Waals surface area contributed by atoms with Crippen LogP contribution in [0, 0.1) is 0 Å². The van der Waals surface area contributed by atoms with Gasteiger partial charge in [0.1, 0.15) is 6.10 Å². The van der Waals surface area contributed by atoms with Crippen LogP contribution >= 0.6 is 0 Å². The summed E-state index contributed by atoms with van der Waals surface area (Å²) in [5.74, 6) is -0.542. The van der Waals surface area contributed by atoms with E-state index in [1.54, 1.807) is 0 Å². The number of aliphatic hydroxyl groups is 2. The molecule has 0 heterocycles. The molecule has 0 aliphatic heterocycles. The van der Waals surface area contributed by atoms with E-state index in [0.29, 0.717) is 19.3 Å². The fourth-order valence-corrected chi connectivity index (χ4v) is 7.63. The van der Waals surface area contributed by atoms with Gasteiger partial charge in [-0.1, -0.05) is 241 Å². The molecular weight excluding hydrogens is 779 g/mol. The van der Waals surface area contributed by atoms with Crippen molar-refractivity contribution in [2.24, 2.45) is 0 Å². The Bertz CT molecular complexity index is 1210. The zero-order chi connectivity index (χ0) is 45.9. The molecule has 0 rings (SSSR count). The average Bonchev–Trinajstić information content (AvgIpc) is 3.28. The second kappa shape index (κ2) is 50.0. The topological polar surface area (TPSA) is 95.9 Å². The third kappa shape index (κ3) is 45.4. The van der Waals surface area contributed by atoms with Crippen LogP contribution in [0.1, 0.15) is 239 Å². The summed E-state index contributed by atoms with van der Waals surface area (Å²) in [6.45, 7) is 6.32. The lowest BCUT2D eigenvalue weighted by Gasteiger charge is -2.24. The van der Waals surface area contributed by atoms with Crippen LogP contribution in [-0.4, -0.2) is 46.9 Å². The number of ether oxygens (including phenoxy) is 1. The van der Waals surface area contributed by atoms with Gasteiger partial charge in [-0.05, 0) is 70.6 Å². The summed E-state index contributed by atoms with van der Waals surface area (Å²) < 4.78 is 5.91. The van der Waals surface area contributed by atoms with Gasteiger partial charge in [0, 0.05) is 6.42 Å². The first-order valence-electron chi connectivity index (χ1n) is 26.4. The van der Waals surface area contributed by atoms with Crippen LogP contribution in [0.25, 0.3) is 0 Å². The molecule has 6 heteroatoms. The van der Waals surface area contributed by atoms with E-state index in [2.05, 4.69) is 56.5 Å². The van der Waals surface area contributed by atoms with Gasteiger partial charge in [-0.3, -0.25) is 9.59 Å². The van der Waals surface area contributed by atoms with E-state index >= 15 is 0 Å². The molecule has 0 saturated carbocycles. The highest BCUT2D eigenvalue weighted by Gasteiger charge is 2.24.